The van der Waals surface area contributed by atoms with E-state index >= 15 is 0 Å². The van der Waals surface area contributed by atoms with Gasteiger partial charge in [0.2, 0.25) is 0 Å². The summed E-state index contributed by atoms with van der Waals surface area (Å²) in [7, 11) is 2.31. The molecule has 0 aromatic carbocycles. The van der Waals surface area contributed by atoms with E-state index in [1.807, 2.05) is 0 Å². The van der Waals surface area contributed by atoms with Crippen LogP contribution in [0.15, 0.2) is 0 Å². The van der Waals surface area contributed by atoms with Gasteiger partial charge in [-0.2, -0.15) is 0 Å². The first-order chi connectivity index (χ1) is 8.66. The van der Waals surface area contributed by atoms with Gasteiger partial charge in [-0.15, -0.1) is 0 Å². The molecule has 18 heavy (non-hydrogen) atoms. The number of hydrogen-bond donors (Lipinski definition) is 1. The van der Waals surface area contributed by atoms with Crippen molar-refractivity contribution in [3.63, 3.8) is 0 Å². The van der Waals surface area contributed by atoms with Crippen LogP contribution < -0.4 is 5.73 Å². The van der Waals surface area contributed by atoms with Crippen LogP contribution in [-0.2, 0) is 0 Å². The van der Waals surface area contributed by atoms with E-state index in [1.54, 1.807) is 0 Å². The topological polar surface area (TPSA) is 32.5 Å². The Morgan fingerprint density at radius 1 is 1.17 bits per heavy atom. The maximum atomic E-state index is 6.10. The Bertz CT molecular complexity index is 254. The molecule has 0 aromatic rings. The minimum absolute atomic E-state index is 0.265. The van der Waals surface area contributed by atoms with Crippen LogP contribution in [0.25, 0.3) is 0 Å². The highest BCUT2D eigenvalue weighted by Gasteiger charge is 2.40. The third-order valence-corrected chi connectivity index (χ3v) is 5.71. The molecule has 2 N–H and O–H groups in total. The van der Waals surface area contributed by atoms with E-state index in [4.69, 9.17) is 5.73 Å². The first-order valence-electron chi connectivity index (χ1n) is 7.82. The molecule has 0 bridgehead atoms. The molecule has 0 spiro atoms. The van der Waals surface area contributed by atoms with E-state index < -0.39 is 0 Å². The van der Waals surface area contributed by atoms with Gasteiger partial charge < -0.3 is 10.6 Å². The monoisotopic (exact) mass is 253 g/mol. The number of hydrogen-bond acceptors (Lipinski definition) is 3. The lowest BCUT2D eigenvalue weighted by Crippen LogP contribution is -2.61. The van der Waals surface area contributed by atoms with Crippen molar-refractivity contribution in [2.45, 2.75) is 57.5 Å². The molecule has 3 heteroatoms. The van der Waals surface area contributed by atoms with Crippen LogP contribution in [0, 0.1) is 5.92 Å². The van der Waals surface area contributed by atoms with Gasteiger partial charge in [0.15, 0.2) is 0 Å². The van der Waals surface area contributed by atoms with Gasteiger partial charge in [0.25, 0.3) is 0 Å². The normalized spacial score (nSPS) is 31.3. The number of likely N-dealkylation sites (tertiary alicyclic amines) is 2. The summed E-state index contributed by atoms with van der Waals surface area (Å²) >= 11 is 0. The lowest BCUT2D eigenvalue weighted by Gasteiger charge is -2.52. The van der Waals surface area contributed by atoms with Crippen molar-refractivity contribution < 1.29 is 0 Å². The predicted octanol–water partition coefficient (Wildman–Crippen LogP) is 1.92. The van der Waals surface area contributed by atoms with E-state index in [0.717, 1.165) is 18.5 Å². The fourth-order valence-corrected chi connectivity index (χ4v) is 4.20. The second-order valence-corrected chi connectivity index (χ2v) is 6.32. The molecular formula is C15H31N3. The summed E-state index contributed by atoms with van der Waals surface area (Å²) < 4.78 is 0. The molecule has 3 nitrogen and oxygen atoms in total. The van der Waals surface area contributed by atoms with Crippen LogP contribution in [0.1, 0.15) is 46.0 Å². The number of nitrogens with zero attached hydrogens (tertiary/aromatic N) is 2. The van der Waals surface area contributed by atoms with Crippen LogP contribution in [0.3, 0.4) is 0 Å². The highest BCUT2D eigenvalue weighted by Crippen LogP contribution is 2.34. The van der Waals surface area contributed by atoms with Gasteiger partial charge >= 0.3 is 0 Å². The first-order valence-corrected chi connectivity index (χ1v) is 7.82. The fourth-order valence-electron chi connectivity index (χ4n) is 4.20. The molecule has 2 aliphatic heterocycles. The van der Waals surface area contributed by atoms with E-state index in [2.05, 4.69) is 30.7 Å². The Labute approximate surface area is 113 Å². The molecule has 106 valence electrons. The lowest BCUT2D eigenvalue weighted by molar-refractivity contribution is -0.0174. The second kappa shape index (κ2) is 5.89. The Morgan fingerprint density at radius 2 is 1.89 bits per heavy atom. The van der Waals surface area contributed by atoms with Gasteiger partial charge in [0.05, 0.1) is 0 Å². The maximum absolute atomic E-state index is 6.10. The van der Waals surface area contributed by atoms with Crippen LogP contribution in [0.4, 0.5) is 0 Å². The third-order valence-electron chi connectivity index (χ3n) is 5.71. The van der Waals surface area contributed by atoms with E-state index in [9.17, 15) is 0 Å². The number of rotatable bonds is 4. The summed E-state index contributed by atoms with van der Waals surface area (Å²) in [4.78, 5) is 5.31. The van der Waals surface area contributed by atoms with Crippen molar-refractivity contribution in [3.8, 4) is 0 Å². The molecule has 0 aromatic heterocycles. The largest absolute Gasteiger partial charge is 0.329 e. The van der Waals surface area contributed by atoms with Crippen molar-refractivity contribution in [1.29, 1.82) is 0 Å². The Morgan fingerprint density at radius 3 is 2.50 bits per heavy atom. The first kappa shape index (κ1) is 14.3. The average Bonchev–Trinajstić information content (AvgIpc) is 2.42. The molecule has 2 heterocycles. The van der Waals surface area contributed by atoms with Gasteiger partial charge in [-0.25, -0.2) is 0 Å². The number of fused-ring (bicyclic) bond motifs is 1. The summed E-state index contributed by atoms with van der Waals surface area (Å²) in [6.45, 7) is 9.22. The molecule has 2 fully saturated rings. The summed E-state index contributed by atoms with van der Waals surface area (Å²) in [5, 5.41) is 0. The zero-order chi connectivity index (χ0) is 13.2. The molecule has 0 amide bonds. The fraction of sp³-hybridized carbons (Fsp3) is 1.00. The molecule has 2 unspecified atom stereocenters. The molecule has 0 saturated carbocycles. The maximum Gasteiger partial charge on any atom is 0.0326 e. The van der Waals surface area contributed by atoms with Crippen molar-refractivity contribution in [1.82, 2.24) is 9.80 Å². The molecule has 2 rings (SSSR count). The zero-order valence-electron chi connectivity index (χ0n) is 12.5. The smallest absolute Gasteiger partial charge is 0.0326 e. The van der Waals surface area contributed by atoms with Gasteiger partial charge in [-0.05, 0) is 51.6 Å². The summed E-state index contributed by atoms with van der Waals surface area (Å²) in [6.07, 6.45) is 6.50. The molecule has 2 atom stereocenters. The van der Waals surface area contributed by atoms with Gasteiger partial charge in [0, 0.05) is 31.2 Å². The van der Waals surface area contributed by atoms with E-state index in [0.29, 0.717) is 0 Å². The summed E-state index contributed by atoms with van der Waals surface area (Å²) in [6, 6.07) is 0.833. The van der Waals surface area contributed by atoms with Crippen LogP contribution in [-0.4, -0.2) is 54.6 Å². The Hall–Kier alpha value is -0.120. The quantitative estimate of drug-likeness (QED) is 0.831. The summed E-state index contributed by atoms with van der Waals surface area (Å²) in [5.41, 5.74) is 6.37. The van der Waals surface area contributed by atoms with Crippen molar-refractivity contribution in [3.05, 3.63) is 0 Å². The molecular weight excluding hydrogens is 222 g/mol. The van der Waals surface area contributed by atoms with Gasteiger partial charge in [-0.3, -0.25) is 4.90 Å². The van der Waals surface area contributed by atoms with Gasteiger partial charge in [-0.1, -0.05) is 13.8 Å². The molecule has 2 saturated heterocycles. The molecule has 0 aliphatic carbocycles. The zero-order valence-corrected chi connectivity index (χ0v) is 12.5. The van der Waals surface area contributed by atoms with Crippen LogP contribution in [0.5, 0.6) is 0 Å². The minimum Gasteiger partial charge on any atom is -0.329 e. The minimum atomic E-state index is 0.265. The second-order valence-electron chi connectivity index (χ2n) is 6.32. The highest BCUT2D eigenvalue weighted by atomic mass is 15.2. The Kier molecular flexibility index (Phi) is 4.68. The van der Waals surface area contributed by atoms with E-state index in [-0.39, 0.29) is 5.54 Å². The average molecular weight is 253 g/mol. The molecule has 0 radical (unpaired) electrons. The third kappa shape index (κ3) is 2.45. The van der Waals surface area contributed by atoms with Crippen molar-refractivity contribution >= 4 is 0 Å². The van der Waals surface area contributed by atoms with Crippen molar-refractivity contribution in [2.75, 3.05) is 33.2 Å². The Balaban J connectivity index is 2.05. The van der Waals surface area contributed by atoms with Crippen molar-refractivity contribution in [2.24, 2.45) is 11.7 Å². The summed E-state index contributed by atoms with van der Waals surface area (Å²) in [5.74, 6) is 0.876. The van der Waals surface area contributed by atoms with Crippen LogP contribution in [0.2, 0.25) is 0 Å². The number of piperidine rings is 2. The van der Waals surface area contributed by atoms with Gasteiger partial charge in [0.1, 0.15) is 0 Å². The molecule has 2 aliphatic rings. The predicted molar refractivity (Wildman–Crippen MR) is 77.7 cm³/mol. The standard InChI is InChI=1S/C15H31N3/c1-4-15(5-2,12-16)18-10-8-14-13(11-18)7-6-9-17(14)3/h13-14H,4-12,16H2,1-3H3. The SMILES string of the molecule is CCC(CC)(CN)N1CCC2C(CCCN2C)C1. The highest BCUT2D eigenvalue weighted by molar-refractivity contribution is 4.97. The van der Waals surface area contributed by atoms with Crippen LogP contribution >= 0.6 is 0 Å². The number of nitrogens with two attached hydrogens (primary N) is 1. The van der Waals surface area contributed by atoms with E-state index in [1.165, 1.54) is 51.7 Å². The lowest BCUT2D eigenvalue weighted by atomic mass is 9.80.